The molecule has 0 heterocycles. The van der Waals surface area contributed by atoms with Crippen LogP contribution in [0.15, 0.2) is 0 Å². The Labute approximate surface area is 67.0 Å². The summed E-state index contributed by atoms with van der Waals surface area (Å²) in [5, 5.41) is 13.9. The summed E-state index contributed by atoms with van der Waals surface area (Å²) in [4.78, 5) is 8.56. The van der Waals surface area contributed by atoms with Gasteiger partial charge in [-0.1, -0.05) is 13.8 Å². The predicted octanol–water partition coefficient (Wildman–Crippen LogP) is 1.60. The van der Waals surface area contributed by atoms with E-state index in [0.717, 1.165) is 0 Å². The molecule has 0 fully saturated rings. The molecule has 4 N–H and O–H groups in total. The molecule has 0 radical (unpaired) electrons. The van der Waals surface area contributed by atoms with Crippen LogP contribution in [0.5, 0.6) is 0 Å². The quantitative estimate of drug-likeness (QED) is 0.548. The standard InChI is InChI=1S/C6H15N.CH2O3/c1-5(2)6(3,4)7;2-1(3)4/h5H,7H2,1-4H3;(H2,2,3,4). The molecule has 4 nitrogen and oxygen atoms in total. The SMILES string of the molecule is CC(C)C(C)(C)N.O=C(O)O. The molecule has 0 spiro atoms. The Morgan fingerprint density at radius 3 is 1.45 bits per heavy atom. The maximum atomic E-state index is 8.56. The minimum atomic E-state index is -1.83. The average Bonchev–Trinajstić information content (AvgIpc) is 1.59. The molecule has 0 rings (SSSR count). The lowest BCUT2D eigenvalue weighted by Gasteiger charge is -2.22. The Kier molecular flexibility index (Phi) is 5.80. The van der Waals surface area contributed by atoms with Crippen LogP contribution in [0.25, 0.3) is 0 Å². The Morgan fingerprint density at radius 2 is 1.45 bits per heavy atom. The van der Waals surface area contributed by atoms with Crippen molar-refractivity contribution in [2.45, 2.75) is 33.2 Å². The third-order valence-corrected chi connectivity index (χ3v) is 1.49. The largest absolute Gasteiger partial charge is 0.503 e. The highest BCUT2D eigenvalue weighted by molar-refractivity contribution is 5.53. The van der Waals surface area contributed by atoms with Crippen LogP contribution in [0.1, 0.15) is 27.7 Å². The molecule has 0 aliphatic heterocycles. The van der Waals surface area contributed by atoms with E-state index in [1.807, 2.05) is 13.8 Å². The fourth-order valence-corrected chi connectivity index (χ4v) is 0. The van der Waals surface area contributed by atoms with Gasteiger partial charge in [0.1, 0.15) is 0 Å². The van der Waals surface area contributed by atoms with Crippen LogP contribution in [0, 0.1) is 5.92 Å². The molecule has 0 aromatic rings. The molecule has 0 aromatic heterocycles. The normalized spacial score (nSPS) is 10.4. The zero-order valence-corrected chi connectivity index (χ0v) is 7.46. The van der Waals surface area contributed by atoms with Gasteiger partial charge in [0.2, 0.25) is 0 Å². The zero-order chi connectivity index (χ0) is 9.65. The maximum absolute atomic E-state index is 8.56. The Morgan fingerprint density at radius 1 is 1.36 bits per heavy atom. The Balaban J connectivity index is 0. The molecule has 4 heteroatoms. The molecule has 68 valence electrons. The lowest BCUT2D eigenvalue weighted by Crippen LogP contribution is -2.37. The Bertz CT molecular complexity index is 111. The van der Waals surface area contributed by atoms with Crippen molar-refractivity contribution in [3.05, 3.63) is 0 Å². The van der Waals surface area contributed by atoms with Crippen molar-refractivity contribution in [2.75, 3.05) is 0 Å². The second kappa shape index (κ2) is 4.96. The number of carboxylic acid groups (broad SMARTS) is 2. The summed E-state index contributed by atoms with van der Waals surface area (Å²) in [5.41, 5.74) is 5.68. The van der Waals surface area contributed by atoms with E-state index in [9.17, 15) is 0 Å². The van der Waals surface area contributed by atoms with Gasteiger partial charge in [-0.2, -0.15) is 0 Å². The molecule has 11 heavy (non-hydrogen) atoms. The molecule has 0 saturated heterocycles. The topological polar surface area (TPSA) is 83.6 Å². The van der Waals surface area contributed by atoms with Crippen LogP contribution < -0.4 is 5.73 Å². The fraction of sp³-hybridized carbons (Fsp3) is 0.857. The van der Waals surface area contributed by atoms with Gasteiger partial charge in [0.25, 0.3) is 0 Å². The molecular weight excluding hydrogens is 146 g/mol. The second-order valence-electron chi connectivity index (χ2n) is 3.26. The highest BCUT2D eigenvalue weighted by Crippen LogP contribution is 2.09. The van der Waals surface area contributed by atoms with Gasteiger partial charge in [0, 0.05) is 5.54 Å². The monoisotopic (exact) mass is 163 g/mol. The summed E-state index contributed by atoms with van der Waals surface area (Å²) in [7, 11) is 0. The van der Waals surface area contributed by atoms with E-state index in [0.29, 0.717) is 5.92 Å². The molecule has 0 saturated carbocycles. The summed E-state index contributed by atoms with van der Waals surface area (Å²) in [6, 6.07) is 0. The molecular formula is C7H17NO3. The first kappa shape index (κ1) is 12.9. The van der Waals surface area contributed by atoms with E-state index < -0.39 is 6.16 Å². The van der Waals surface area contributed by atoms with Crippen LogP contribution in [-0.4, -0.2) is 21.9 Å². The number of rotatable bonds is 1. The minimum Gasteiger partial charge on any atom is -0.450 e. The molecule has 0 atom stereocenters. The Hall–Kier alpha value is -0.770. The molecule has 0 unspecified atom stereocenters. The van der Waals surface area contributed by atoms with Crippen molar-refractivity contribution in [2.24, 2.45) is 11.7 Å². The van der Waals surface area contributed by atoms with Crippen molar-refractivity contribution in [1.29, 1.82) is 0 Å². The minimum absolute atomic E-state index is 0. The number of hydrogen-bond donors (Lipinski definition) is 3. The molecule has 0 aliphatic carbocycles. The lowest BCUT2D eigenvalue weighted by molar-refractivity contribution is 0.137. The van der Waals surface area contributed by atoms with Gasteiger partial charge >= 0.3 is 6.16 Å². The van der Waals surface area contributed by atoms with Crippen LogP contribution >= 0.6 is 0 Å². The van der Waals surface area contributed by atoms with Crippen molar-refractivity contribution >= 4 is 6.16 Å². The van der Waals surface area contributed by atoms with Gasteiger partial charge in [0.15, 0.2) is 0 Å². The average molecular weight is 163 g/mol. The highest BCUT2D eigenvalue weighted by atomic mass is 16.6. The maximum Gasteiger partial charge on any atom is 0.503 e. The molecule has 0 bridgehead atoms. The number of nitrogens with two attached hydrogens (primary N) is 1. The molecule has 0 aliphatic rings. The van der Waals surface area contributed by atoms with Crippen molar-refractivity contribution in [3.63, 3.8) is 0 Å². The van der Waals surface area contributed by atoms with Crippen LogP contribution in [-0.2, 0) is 0 Å². The van der Waals surface area contributed by atoms with Crippen molar-refractivity contribution in [3.8, 4) is 0 Å². The van der Waals surface area contributed by atoms with E-state index in [-0.39, 0.29) is 5.54 Å². The van der Waals surface area contributed by atoms with Gasteiger partial charge in [-0.15, -0.1) is 0 Å². The number of hydrogen-bond acceptors (Lipinski definition) is 2. The van der Waals surface area contributed by atoms with Gasteiger partial charge in [-0.05, 0) is 19.8 Å². The van der Waals surface area contributed by atoms with Gasteiger partial charge in [-0.25, -0.2) is 4.79 Å². The van der Waals surface area contributed by atoms with Gasteiger partial charge in [-0.3, -0.25) is 0 Å². The first-order chi connectivity index (χ1) is 4.68. The third kappa shape index (κ3) is 17.6. The molecule has 0 amide bonds. The lowest BCUT2D eigenvalue weighted by atomic mass is 9.92. The highest BCUT2D eigenvalue weighted by Gasteiger charge is 2.14. The van der Waals surface area contributed by atoms with Crippen LogP contribution in [0.4, 0.5) is 4.79 Å². The first-order valence-electron chi connectivity index (χ1n) is 3.38. The van der Waals surface area contributed by atoms with E-state index in [4.69, 9.17) is 20.7 Å². The van der Waals surface area contributed by atoms with E-state index in [2.05, 4.69) is 13.8 Å². The smallest absolute Gasteiger partial charge is 0.450 e. The summed E-state index contributed by atoms with van der Waals surface area (Å²) < 4.78 is 0. The fourth-order valence-electron chi connectivity index (χ4n) is 0. The summed E-state index contributed by atoms with van der Waals surface area (Å²) in [6.07, 6.45) is -1.83. The van der Waals surface area contributed by atoms with E-state index in [1.54, 1.807) is 0 Å². The number of carbonyl (C=O) groups is 1. The summed E-state index contributed by atoms with van der Waals surface area (Å²) >= 11 is 0. The van der Waals surface area contributed by atoms with Crippen molar-refractivity contribution in [1.82, 2.24) is 0 Å². The second-order valence-corrected chi connectivity index (χ2v) is 3.26. The predicted molar refractivity (Wildman–Crippen MR) is 43.8 cm³/mol. The summed E-state index contributed by atoms with van der Waals surface area (Å²) in [5.74, 6) is 0.576. The van der Waals surface area contributed by atoms with Crippen molar-refractivity contribution < 1.29 is 15.0 Å². The first-order valence-corrected chi connectivity index (χ1v) is 3.38. The zero-order valence-electron chi connectivity index (χ0n) is 7.46. The summed E-state index contributed by atoms with van der Waals surface area (Å²) in [6.45, 7) is 8.33. The van der Waals surface area contributed by atoms with Gasteiger partial charge in [0.05, 0.1) is 0 Å². The van der Waals surface area contributed by atoms with E-state index in [1.165, 1.54) is 0 Å². The van der Waals surface area contributed by atoms with Crippen LogP contribution in [0.3, 0.4) is 0 Å². The van der Waals surface area contributed by atoms with Crippen LogP contribution in [0.2, 0.25) is 0 Å². The van der Waals surface area contributed by atoms with Gasteiger partial charge < -0.3 is 15.9 Å². The van der Waals surface area contributed by atoms with E-state index >= 15 is 0 Å². The molecule has 0 aromatic carbocycles. The third-order valence-electron chi connectivity index (χ3n) is 1.49.